The minimum Gasteiger partial charge on any atom is -0.412 e. The second-order valence-corrected chi connectivity index (χ2v) is 2.23. The van der Waals surface area contributed by atoms with E-state index in [0.717, 1.165) is 30.4 Å². The Bertz CT molecular complexity index is 469. The van der Waals surface area contributed by atoms with Crippen molar-refractivity contribution in [2.75, 3.05) is 7.05 Å². The lowest BCUT2D eigenvalue weighted by Crippen LogP contribution is -1.69. The third-order valence-electron chi connectivity index (χ3n) is 0. The lowest BCUT2D eigenvalue weighted by atomic mass is 10.8. The molecule has 266 valence electrons. The molecular weight excluding hydrogens is 590 g/mol. The maximum absolute atomic E-state index is 8.35. The topological polar surface area (TPSA) is 363 Å². The molecule has 16 nitrogen and oxygen atoms in total. The molecule has 0 bridgehead atoms. The number of nitrogens with two attached hydrogens (primary N) is 1. The molecular formula is C29H61N7O9. The van der Waals surface area contributed by atoms with Gasteiger partial charge in [-0.3, -0.25) is 0 Å². The Kier molecular flexibility index (Phi) is 11200. The second-order valence-electron chi connectivity index (χ2n) is 2.23. The molecule has 0 saturated carbocycles. The summed E-state index contributed by atoms with van der Waals surface area (Å²) in [5, 5.41) is 27.0. The van der Waals surface area contributed by atoms with Crippen LogP contribution in [-0.2, 0) is 33.6 Å². The van der Waals surface area contributed by atoms with E-state index >= 15 is 0 Å². The summed E-state index contributed by atoms with van der Waals surface area (Å²) in [5.74, 6) is 0. The first kappa shape index (κ1) is 141. The minimum atomic E-state index is 0. The molecule has 0 fully saturated rings. The van der Waals surface area contributed by atoms with Crippen molar-refractivity contribution in [2.45, 2.75) is 27.7 Å². The van der Waals surface area contributed by atoms with E-state index in [-0.39, 0.29) is 23.3 Å². The number of hydrogen-bond acceptors (Lipinski definition) is 14. The van der Waals surface area contributed by atoms with Gasteiger partial charge in [-0.2, -0.15) is 9.59 Å². The molecule has 0 aromatic heterocycles. The van der Waals surface area contributed by atoms with Crippen molar-refractivity contribution >= 4 is 36.6 Å². The van der Waals surface area contributed by atoms with E-state index in [1.54, 1.807) is 24.3 Å². The lowest BCUT2D eigenvalue weighted by Gasteiger charge is -1.31. The molecule has 16 heteroatoms. The van der Waals surface area contributed by atoms with Gasteiger partial charge in [0.25, 0.3) is 0 Å². The van der Waals surface area contributed by atoms with Gasteiger partial charge in [-0.05, 0) is 34.7 Å². The maximum Gasteiger partial charge on any atom is 0.373 e. The molecule has 0 saturated heterocycles. The van der Waals surface area contributed by atoms with E-state index in [0.29, 0.717) is 0 Å². The minimum absolute atomic E-state index is 0. The van der Waals surface area contributed by atoms with Gasteiger partial charge >= 0.3 is 6.15 Å². The van der Waals surface area contributed by atoms with Crippen molar-refractivity contribution in [3.05, 3.63) is 116 Å². The fourth-order valence-electron chi connectivity index (χ4n) is 0. The van der Waals surface area contributed by atoms with E-state index in [1.807, 2.05) is 27.7 Å². The van der Waals surface area contributed by atoms with Crippen molar-refractivity contribution in [1.29, 1.82) is 27.0 Å². The smallest absolute Gasteiger partial charge is 0.373 e. The van der Waals surface area contributed by atoms with Crippen LogP contribution in [0.5, 0.6) is 0 Å². The van der Waals surface area contributed by atoms with Crippen molar-refractivity contribution < 1.29 is 44.5 Å². The molecule has 0 aromatic carbocycles. The van der Waals surface area contributed by atoms with Crippen LogP contribution >= 0.6 is 0 Å². The van der Waals surface area contributed by atoms with E-state index < -0.39 is 0 Å². The average Bonchev–Trinajstić information content (AvgIpc) is 2.99. The maximum atomic E-state index is 8.35. The van der Waals surface area contributed by atoms with Crippen LogP contribution in [-0.4, -0.2) is 54.6 Å². The molecule has 0 aliphatic carbocycles. The average molecular weight is 652 g/mol. The summed E-state index contributed by atoms with van der Waals surface area (Å²) in [4.78, 5) is 58.0. The van der Waals surface area contributed by atoms with Gasteiger partial charge in [0.2, 0.25) is 30.4 Å². The fourth-order valence-corrected chi connectivity index (χ4v) is 0. The van der Waals surface area contributed by atoms with Gasteiger partial charge < -0.3 is 22.8 Å². The third-order valence-corrected chi connectivity index (χ3v) is 0. The first-order chi connectivity index (χ1) is 20.1. The van der Waals surface area contributed by atoms with Crippen LogP contribution in [0.2, 0.25) is 0 Å². The van der Waals surface area contributed by atoms with Crippen LogP contribution in [0.1, 0.15) is 27.7 Å². The Morgan fingerprint density at radius 2 is 0.400 bits per heavy atom. The largest absolute Gasteiger partial charge is 0.412 e. The van der Waals surface area contributed by atoms with Gasteiger partial charge in [-0.1, -0.05) is 24.3 Å². The van der Waals surface area contributed by atoms with Gasteiger partial charge in [0.1, 0.15) is 0 Å². The molecule has 0 radical (unpaired) electrons. The Labute approximate surface area is 271 Å². The first-order valence-electron chi connectivity index (χ1n) is 9.70. The number of rotatable bonds is 0. The molecule has 14 N–H and O–H groups in total. The monoisotopic (exact) mass is 651 g/mol. The van der Waals surface area contributed by atoms with Gasteiger partial charge in [0.05, 0.1) is 0 Å². The summed E-state index contributed by atoms with van der Waals surface area (Å²) in [7, 11) is 1.50. The number of isocyanates is 5. The number of hydrogen-bond donors (Lipinski definition) is 7. The highest BCUT2D eigenvalue weighted by Crippen LogP contribution is 1.39. The Morgan fingerprint density at radius 1 is 0.400 bits per heavy atom. The lowest BCUT2D eigenvalue weighted by molar-refractivity contribution is -0.191. The molecule has 0 aliphatic rings. The molecule has 0 spiro atoms. The van der Waals surface area contributed by atoms with Crippen LogP contribution in [0.4, 0.5) is 0 Å². The molecule has 0 atom stereocenters. The van der Waals surface area contributed by atoms with Crippen LogP contribution in [0.15, 0.2) is 116 Å². The number of allylic oxidation sites excluding steroid dienone is 4. The summed E-state index contributed by atoms with van der Waals surface area (Å²) >= 11 is 0. The molecule has 0 unspecified atom stereocenters. The number of nitrogens with one attached hydrogen (secondary N) is 5. The first-order valence-corrected chi connectivity index (χ1v) is 9.70. The molecule has 0 aromatic rings. The normalized spacial score (nSPS) is 2.80. The van der Waals surface area contributed by atoms with Gasteiger partial charge in [-0.25, -0.2) is 51.0 Å². The third kappa shape index (κ3) is 1250. The van der Waals surface area contributed by atoms with E-state index in [9.17, 15) is 0 Å². The predicted octanol–water partition coefficient (Wildman–Crippen LogP) is 5.79. The Hall–Kier alpha value is -6.22. The Morgan fingerprint density at radius 3 is 0.400 bits per heavy atom. The molecule has 0 amide bonds. The van der Waals surface area contributed by atoms with E-state index in [1.165, 1.54) is 7.05 Å². The highest BCUT2D eigenvalue weighted by Gasteiger charge is 1.16. The van der Waals surface area contributed by atoms with Gasteiger partial charge in [-0.15, -0.1) is 92.1 Å². The van der Waals surface area contributed by atoms with Crippen LogP contribution in [0.3, 0.4) is 0 Å². The molecule has 0 heterocycles. The summed E-state index contributed by atoms with van der Waals surface area (Å²) in [5.41, 5.74) is 4.50. The second kappa shape index (κ2) is 3580. The van der Waals surface area contributed by atoms with Crippen molar-refractivity contribution in [2.24, 2.45) is 5.73 Å². The van der Waals surface area contributed by atoms with E-state index in [2.05, 4.69) is 97.8 Å². The van der Waals surface area contributed by atoms with Crippen LogP contribution in [0, 0.1) is 27.0 Å². The zero-order chi connectivity index (χ0) is 39.1. The molecule has 0 aliphatic heterocycles. The quantitative estimate of drug-likeness (QED) is 0.0944. The highest BCUT2D eigenvalue weighted by atomic mass is 16.2. The molecule has 0 rings (SSSR count). The van der Waals surface area contributed by atoms with Crippen LogP contribution < -0.4 is 11.9 Å². The van der Waals surface area contributed by atoms with E-state index in [4.69, 9.17) is 60.6 Å². The predicted molar refractivity (Wildman–Crippen MR) is 189 cm³/mol. The zero-order valence-electron chi connectivity index (χ0n) is 27.9. The van der Waals surface area contributed by atoms with Gasteiger partial charge in [0.15, 0.2) is 0 Å². The Balaban J connectivity index is -0.00000000942. The van der Waals surface area contributed by atoms with Gasteiger partial charge in [0, 0.05) is 0 Å². The molecule has 45 heavy (non-hydrogen) atoms. The van der Waals surface area contributed by atoms with Crippen LogP contribution in [0.25, 0.3) is 0 Å². The SMILES string of the molecule is C=C.C=C.C=C.C=C.C=C.C=CC.C=CC.C=CC.C=CC.CN.N.N=C=O.N=C=O.N=C=O.N=C=O.N=C=O.O.O.O=C=O. The zero-order valence-corrected chi connectivity index (χ0v) is 27.9. The summed E-state index contributed by atoms with van der Waals surface area (Å²) in [6.07, 6.45) is 11.0. The summed E-state index contributed by atoms with van der Waals surface area (Å²) in [6, 6.07) is 0. The standard InChI is InChI=1S/4C3H6.5C2H4.5CHNO.CH5N.CO2.H3N.2H2O/c4*1-3-2;5*1-2;5*2-1-3;1-2;2-1-3;;;/h4*3H,1H2,2H3;5*1-2H2;5*2H;2H2,1H3;;1H3;2*1H2. The summed E-state index contributed by atoms with van der Waals surface area (Å²) in [6.45, 7) is 51.0. The highest BCUT2D eigenvalue weighted by molar-refractivity contribution is 5.27. The van der Waals surface area contributed by atoms with Crippen molar-refractivity contribution in [1.82, 2.24) is 6.15 Å². The number of carbonyl (C=O) groups excluding carboxylic acids is 7. The fraction of sp³-hybridized carbons (Fsp3) is 0.172. The van der Waals surface area contributed by atoms with Crippen molar-refractivity contribution in [3.63, 3.8) is 0 Å². The summed E-state index contributed by atoms with van der Waals surface area (Å²) < 4.78 is 0. The van der Waals surface area contributed by atoms with Crippen molar-refractivity contribution in [3.8, 4) is 0 Å².